The van der Waals surface area contributed by atoms with Crippen molar-refractivity contribution in [2.45, 2.75) is 19.9 Å². The molecular weight excluding hydrogens is 352 g/mol. The zero-order valence-electron chi connectivity index (χ0n) is 16.5. The van der Waals surface area contributed by atoms with Crippen molar-refractivity contribution in [3.8, 4) is 11.5 Å². The standard InChI is InChI=1S/C22H26N4O2/c1-16-25-21(23-13-12-17-8-10-19(27-2)11-9-17)14-22(26-16)24-15-18-6-4-5-7-20(18)28-3/h4-11,14H,12-13,15H2,1-3H3,(H2,23,24,25,26). The topological polar surface area (TPSA) is 68.3 Å². The molecule has 1 heterocycles. The van der Waals surface area contributed by atoms with Crippen molar-refractivity contribution in [1.29, 1.82) is 0 Å². The first-order chi connectivity index (χ1) is 13.7. The lowest BCUT2D eigenvalue weighted by molar-refractivity contribution is 0.410. The largest absolute Gasteiger partial charge is 0.497 e. The van der Waals surface area contributed by atoms with Gasteiger partial charge in [0.25, 0.3) is 0 Å². The van der Waals surface area contributed by atoms with Crippen LogP contribution < -0.4 is 20.1 Å². The van der Waals surface area contributed by atoms with E-state index < -0.39 is 0 Å². The fourth-order valence-electron chi connectivity index (χ4n) is 2.91. The molecule has 0 radical (unpaired) electrons. The van der Waals surface area contributed by atoms with Crippen molar-refractivity contribution in [1.82, 2.24) is 9.97 Å². The number of para-hydroxylation sites is 1. The van der Waals surface area contributed by atoms with Crippen LogP contribution in [0.2, 0.25) is 0 Å². The fraction of sp³-hybridized carbons (Fsp3) is 0.273. The zero-order chi connectivity index (χ0) is 19.8. The van der Waals surface area contributed by atoms with Crippen LogP contribution in [0.5, 0.6) is 11.5 Å². The SMILES string of the molecule is COc1ccc(CCNc2cc(NCc3ccccc3OC)nc(C)n2)cc1. The Morgan fingerprint density at radius 1 is 0.857 bits per heavy atom. The van der Waals surface area contributed by atoms with E-state index in [1.165, 1.54) is 5.56 Å². The number of hydrogen-bond acceptors (Lipinski definition) is 6. The second kappa shape index (κ2) is 9.60. The van der Waals surface area contributed by atoms with Gasteiger partial charge in [0.2, 0.25) is 0 Å². The smallest absolute Gasteiger partial charge is 0.132 e. The Morgan fingerprint density at radius 3 is 2.29 bits per heavy atom. The summed E-state index contributed by atoms with van der Waals surface area (Å²) in [7, 11) is 3.35. The molecule has 0 aliphatic rings. The van der Waals surface area contributed by atoms with Crippen LogP contribution in [0.25, 0.3) is 0 Å². The number of methoxy groups -OCH3 is 2. The average Bonchev–Trinajstić information content (AvgIpc) is 2.72. The van der Waals surface area contributed by atoms with Gasteiger partial charge < -0.3 is 20.1 Å². The predicted molar refractivity (Wildman–Crippen MR) is 112 cm³/mol. The van der Waals surface area contributed by atoms with Crippen LogP contribution in [0.15, 0.2) is 54.6 Å². The monoisotopic (exact) mass is 378 g/mol. The number of rotatable bonds is 9. The minimum absolute atomic E-state index is 0.631. The van der Waals surface area contributed by atoms with Gasteiger partial charge in [-0.3, -0.25) is 0 Å². The molecule has 2 aromatic carbocycles. The van der Waals surface area contributed by atoms with Gasteiger partial charge in [-0.2, -0.15) is 0 Å². The van der Waals surface area contributed by atoms with Crippen LogP contribution in [0, 0.1) is 6.92 Å². The highest BCUT2D eigenvalue weighted by atomic mass is 16.5. The molecule has 146 valence electrons. The third kappa shape index (κ3) is 5.36. The number of nitrogens with one attached hydrogen (secondary N) is 2. The van der Waals surface area contributed by atoms with Crippen LogP contribution in [0.3, 0.4) is 0 Å². The molecule has 2 N–H and O–H groups in total. The fourth-order valence-corrected chi connectivity index (χ4v) is 2.91. The first-order valence-electron chi connectivity index (χ1n) is 9.26. The minimum Gasteiger partial charge on any atom is -0.497 e. The molecule has 6 nitrogen and oxygen atoms in total. The summed E-state index contributed by atoms with van der Waals surface area (Å²) in [6, 6.07) is 18.0. The van der Waals surface area contributed by atoms with Crippen molar-refractivity contribution in [2.24, 2.45) is 0 Å². The molecule has 0 spiro atoms. The van der Waals surface area contributed by atoms with Crippen molar-refractivity contribution in [3.05, 3.63) is 71.5 Å². The number of aromatic nitrogens is 2. The molecule has 0 fully saturated rings. The van der Waals surface area contributed by atoms with Crippen molar-refractivity contribution in [3.63, 3.8) is 0 Å². The van der Waals surface area contributed by atoms with Gasteiger partial charge in [0, 0.05) is 24.7 Å². The van der Waals surface area contributed by atoms with Crippen molar-refractivity contribution >= 4 is 11.6 Å². The highest BCUT2D eigenvalue weighted by Crippen LogP contribution is 2.19. The van der Waals surface area contributed by atoms with Gasteiger partial charge in [-0.25, -0.2) is 9.97 Å². The molecule has 0 unspecified atom stereocenters. The second-order valence-corrected chi connectivity index (χ2v) is 6.38. The Morgan fingerprint density at radius 2 is 1.57 bits per heavy atom. The number of aryl methyl sites for hydroxylation is 1. The Balaban J connectivity index is 1.57. The molecule has 1 aromatic heterocycles. The summed E-state index contributed by atoms with van der Waals surface area (Å²) in [5, 5.41) is 6.73. The molecule has 3 rings (SSSR count). The summed E-state index contributed by atoms with van der Waals surface area (Å²) in [6.07, 6.45) is 0.900. The Hall–Kier alpha value is -3.28. The number of nitrogens with zero attached hydrogens (tertiary/aromatic N) is 2. The molecule has 6 heteroatoms. The summed E-state index contributed by atoms with van der Waals surface area (Å²) in [6.45, 7) is 3.31. The van der Waals surface area contributed by atoms with E-state index in [4.69, 9.17) is 9.47 Å². The van der Waals surface area contributed by atoms with Crippen LogP contribution in [0.1, 0.15) is 17.0 Å². The van der Waals surface area contributed by atoms with Crippen LogP contribution >= 0.6 is 0 Å². The Bertz CT molecular complexity index is 897. The second-order valence-electron chi connectivity index (χ2n) is 6.38. The maximum absolute atomic E-state index is 5.40. The number of hydrogen-bond donors (Lipinski definition) is 2. The third-order valence-corrected chi connectivity index (χ3v) is 4.37. The summed E-state index contributed by atoms with van der Waals surface area (Å²) >= 11 is 0. The van der Waals surface area contributed by atoms with Crippen molar-refractivity contribution in [2.75, 3.05) is 31.4 Å². The molecule has 3 aromatic rings. The molecule has 0 saturated heterocycles. The minimum atomic E-state index is 0.631. The predicted octanol–water partition coefficient (Wildman–Crippen LogP) is 4.07. The summed E-state index contributed by atoms with van der Waals surface area (Å²) in [5.74, 6) is 4.04. The van der Waals surface area contributed by atoms with Gasteiger partial charge >= 0.3 is 0 Å². The van der Waals surface area contributed by atoms with E-state index in [1.54, 1.807) is 14.2 Å². The number of anilines is 2. The van der Waals surface area contributed by atoms with E-state index in [0.29, 0.717) is 6.54 Å². The van der Waals surface area contributed by atoms with E-state index in [1.807, 2.05) is 49.4 Å². The maximum atomic E-state index is 5.40. The number of benzene rings is 2. The van der Waals surface area contributed by atoms with Crippen LogP contribution in [-0.2, 0) is 13.0 Å². The molecule has 0 atom stereocenters. The molecule has 0 saturated carbocycles. The molecule has 28 heavy (non-hydrogen) atoms. The first-order valence-corrected chi connectivity index (χ1v) is 9.26. The lowest BCUT2D eigenvalue weighted by Crippen LogP contribution is -2.09. The van der Waals surface area contributed by atoms with Crippen LogP contribution in [-0.4, -0.2) is 30.7 Å². The van der Waals surface area contributed by atoms with E-state index in [9.17, 15) is 0 Å². The molecular formula is C22H26N4O2. The highest BCUT2D eigenvalue weighted by Gasteiger charge is 2.05. The molecule has 0 aliphatic carbocycles. The maximum Gasteiger partial charge on any atom is 0.132 e. The van der Waals surface area contributed by atoms with E-state index in [-0.39, 0.29) is 0 Å². The molecule has 0 amide bonds. The Labute approximate surface area is 166 Å². The van der Waals surface area contributed by atoms with Crippen LogP contribution in [0.4, 0.5) is 11.6 Å². The summed E-state index contributed by atoms with van der Waals surface area (Å²) in [5.41, 5.74) is 2.32. The van der Waals surface area contributed by atoms with Gasteiger partial charge in [-0.05, 0) is 37.1 Å². The molecule has 0 aliphatic heterocycles. The average molecular weight is 378 g/mol. The lowest BCUT2D eigenvalue weighted by atomic mass is 10.1. The van der Waals surface area contributed by atoms with Gasteiger partial charge in [0.05, 0.1) is 14.2 Å². The first kappa shape index (κ1) is 19.5. The normalized spacial score (nSPS) is 10.4. The zero-order valence-corrected chi connectivity index (χ0v) is 16.5. The van der Waals surface area contributed by atoms with Gasteiger partial charge in [-0.15, -0.1) is 0 Å². The summed E-state index contributed by atoms with van der Waals surface area (Å²) < 4.78 is 10.6. The van der Waals surface area contributed by atoms with E-state index in [0.717, 1.165) is 47.5 Å². The summed E-state index contributed by atoms with van der Waals surface area (Å²) in [4.78, 5) is 8.95. The third-order valence-electron chi connectivity index (χ3n) is 4.37. The highest BCUT2D eigenvalue weighted by molar-refractivity contribution is 5.48. The van der Waals surface area contributed by atoms with Gasteiger partial charge in [-0.1, -0.05) is 30.3 Å². The quantitative estimate of drug-likeness (QED) is 0.585. The Kier molecular flexibility index (Phi) is 6.68. The molecule has 0 bridgehead atoms. The van der Waals surface area contributed by atoms with E-state index >= 15 is 0 Å². The lowest BCUT2D eigenvalue weighted by Gasteiger charge is -2.12. The van der Waals surface area contributed by atoms with E-state index in [2.05, 4.69) is 32.7 Å². The van der Waals surface area contributed by atoms with Gasteiger partial charge in [0.15, 0.2) is 0 Å². The van der Waals surface area contributed by atoms with Crippen molar-refractivity contribution < 1.29 is 9.47 Å². The van der Waals surface area contributed by atoms with Gasteiger partial charge in [0.1, 0.15) is 29.0 Å². The number of ether oxygens (including phenoxy) is 2.